The molecule has 0 saturated carbocycles. The molecule has 23 heavy (non-hydrogen) atoms. The SMILES string of the molecule is CC1(CNC(=O)N2CCN(Cc3cccnc3)CC2)CCCS1. The Balaban J connectivity index is 1.40. The van der Waals surface area contributed by atoms with Crippen LogP contribution in [0.2, 0.25) is 0 Å². The van der Waals surface area contributed by atoms with Crippen molar-refractivity contribution in [1.29, 1.82) is 0 Å². The molecule has 0 radical (unpaired) electrons. The lowest BCUT2D eigenvalue weighted by atomic mass is 10.1. The van der Waals surface area contributed by atoms with Gasteiger partial charge >= 0.3 is 6.03 Å². The quantitative estimate of drug-likeness (QED) is 0.917. The number of rotatable bonds is 4. The van der Waals surface area contributed by atoms with E-state index in [1.807, 2.05) is 28.9 Å². The fourth-order valence-electron chi connectivity index (χ4n) is 3.21. The second-order valence-corrected chi connectivity index (χ2v) is 8.37. The molecule has 2 amide bonds. The summed E-state index contributed by atoms with van der Waals surface area (Å²) in [6, 6.07) is 4.17. The van der Waals surface area contributed by atoms with E-state index in [0.717, 1.165) is 39.3 Å². The number of carbonyl (C=O) groups is 1. The van der Waals surface area contributed by atoms with E-state index in [-0.39, 0.29) is 10.8 Å². The average molecular weight is 334 g/mol. The molecule has 5 nitrogen and oxygen atoms in total. The maximum absolute atomic E-state index is 12.3. The van der Waals surface area contributed by atoms with Crippen LogP contribution in [-0.4, -0.2) is 64.0 Å². The van der Waals surface area contributed by atoms with Gasteiger partial charge in [0, 0.05) is 56.4 Å². The van der Waals surface area contributed by atoms with Gasteiger partial charge in [-0.2, -0.15) is 11.8 Å². The van der Waals surface area contributed by atoms with Gasteiger partial charge in [0.05, 0.1) is 0 Å². The van der Waals surface area contributed by atoms with Crippen molar-refractivity contribution >= 4 is 17.8 Å². The number of hydrogen-bond donors (Lipinski definition) is 1. The molecule has 6 heteroatoms. The molecule has 3 heterocycles. The number of carbonyl (C=O) groups excluding carboxylic acids is 1. The fraction of sp³-hybridized carbons (Fsp3) is 0.647. The molecular formula is C17H26N4OS. The van der Waals surface area contributed by atoms with Crippen LogP contribution in [0.15, 0.2) is 24.5 Å². The first-order chi connectivity index (χ1) is 11.1. The Bertz CT molecular complexity index is 511. The van der Waals surface area contributed by atoms with Gasteiger partial charge in [-0.3, -0.25) is 9.88 Å². The van der Waals surface area contributed by atoms with Crippen molar-refractivity contribution < 1.29 is 4.79 Å². The summed E-state index contributed by atoms with van der Waals surface area (Å²) in [5.74, 6) is 1.22. The minimum absolute atomic E-state index is 0.0970. The molecule has 0 aliphatic carbocycles. The molecule has 1 unspecified atom stereocenters. The molecule has 1 atom stereocenters. The monoisotopic (exact) mass is 334 g/mol. The van der Waals surface area contributed by atoms with Crippen LogP contribution in [0.3, 0.4) is 0 Å². The normalized spacial score (nSPS) is 25.5. The van der Waals surface area contributed by atoms with Crippen LogP contribution in [0.1, 0.15) is 25.3 Å². The fourth-order valence-corrected chi connectivity index (χ4v) is 4.45. The third kappa shape index (κ3) is 4.61. The molecule has 2 aliphatic heterocycles. The Morgan fingerprint density at radius 3 is 2.87 bits per heavy atom. The molecule has 1 aromatic rings. The highest BCUT2D eigenvalue weighted by Crippen LogP contribution is 2.36. The van der Waals surface area contributed by atoms with E-state index in [4.69, 9.17) is 0 Å². The molecule has 1 aromatic heterocycles. The van der Waals surface area contributed by atoms with Crippen molar-refractivity contribution in [3.05, 3.63) is 30.1 Å². The van der Waals surface area contributed by atoms with Crippen molar-refractivity contribution in [2.75, 3.05) is 38.5 Å². The average Bonchev–Trinajstić information content (AvgIpc) is 3.01. The lowest BCUT2D eigenvalue weighted by molar-refractivity contribution is 0.135. The van der Waals surface area contributed by atoms with Crippen LogP contribution in [0.25, 0.3) is 0 Å². The van der Waals surface area contributed by atoms with Gasteiger partial charge < -0.3 is 10.2 Å². The Labute approximate surface area is 142 Å². The second-order valence-electron chi connectivity index (χ2n) is 6.69. The summed E-state index contributed by atoms with van der Waals surface area (Å²) in [7, 11) is 0. The molecular weight excluding hydrogens is 308 g/mol. The van der Waals surface area contributed by atoms with E-state index < -0.39 is 0 Å². The summed E-state index contributed by atoms with van der Waals surface area (Å²) in [6.45, 7) is 7.41. The molecule has 126 valence electrons. The highest BCUT2D eigenvalue weighted by Gasteiger charge is 2.30. The number of aromatic nitrogens is 1. The predicted octanol–water partition coefficient (Wildman–Crippen LogP) is 2.19. The van der Waals surface area contributed by atoms with Gasteiger partial charge in [0.15, 0.2) is 0 Å². The molecule has 2 fully saturated rings. The van der Waals surface area contributed by atoms with E-state index in [2.05, 4.69) is 28.2 Å². The summed E-state index contributed by atoms with van der Waals surface area (Å²) in [5, 5.41) is 3.14. The van der Waals surface area contributed by atoms with Crippen molar-refractivity contribution in [2.24, 2.45) is 0 Å². The summed E-state index contributed by atoms with van der Waals surface area (Å²) in [5.41, 5.74) is 1.23. The number of hydrogen-bond acceptors (Lipinski definition) is 4. The van der Waals surface area contributed by atoms with Crippen LogP contribution in [-0.2, 0) is 6.54 Å². The van der Waals surface area contributed by atoms with Gasteiger partial charge in [0.2, 0.25) is 0 Å². The Hall–Kier alpha value is -1.27. The van der Waals surface area contributed by atoms with Gasteiger partial charge in [-0.05, 0) is 37.1 Å². The third-order valence-electron chi connectivity index (χ3n) is 4.70. The maximum atomic E-state index is 12.3. The third-order valence-corrected chi connectivity index (χ3v) is 6.24. The lowest BCUT2D eigenvalue weighted by Gasteiger charge is -2.35. The zero-order valence-electron chi connectivity index (χ0n) is 13.8. The van der Waals surface area contributed by atoms with E-state index in [0.29, 0.717) is 0 Å². The topological polar surface area (TPSA) is 48.5 Å². The van der Waals surface area contributed by atoms with Gasteiger partial charge in [0.1, 0.15) is 0 Å². The Kier molecular flexibility index (Phi) is 5.43. The molecule has 1 N–H and O–H groups in total. The highest BCUT2D eigenvalue weighted by atomic mass is 32.2. The lowest BCUT2D eigenvalue weighted by Crippen LogP contribution is -2.52. The summed E-state index contributed by atoms with van der Waals surface area (Å²) in [4.78, 5) is 20.8. The Morgan fingerprint density at radius 1 is 1.39 bits per heavy atom. The van der Waals surface area contributed by atoms with Crippen molar-refractivity contribution in [3.63, 3.8) is 0 Å². The molecule has 0 bridgehead atoms. The number of nitrogens with one attached hydrogen (secondary N) is 1. The summed E-state index contributed by atoms with van der Waals surface area (Å²) < 4.78 is 0.234. The minimum atomic E-state index is 0.0970. The van der Waals surface area contributed by atoms with Crippen LogP contribution in [0.4, 0.5) is 4.79 Å². The zero-order chi connectivity index (χ0) is 16.1. The molecule has 0 aromatic carbocycles. The standard InChI is InChI=1S/C17H26N4OS/c1-17(5-3-11-23-17)14-19-16(22)21-9-7-20(8-10-21)13-15-4-2-6-18-12-15/h2,4,6,12H,3,5,7-11,13-14H2,1H3,(H,19,22). The van der Waals surface area contributed by atoms with E-state index in [1.165, 1.54) is 24.2 Å². The van der Waals surface area contributed by atoms with Crippen molar-refractivity contribution in [1.82, 2.24) is 20.1 Å². The van der Waals surface area contributed by atoms with Crippen molar-refractivity contribution in [3.8, 4) is 0 Å². The Morgan fingerprint density at radius 2 is 2.22 bits per heavy atom. The number of amides is 2. The number of urea groups is 1. The van der Waals surface area contributed by atoms with Crippen LogP contribution >= 0.6 is 11.8 Å². The number of thioether (sulfide) groups is 1. The largest absolute Gasteiger partial charge is 0.337 e. The minimum Gasteiger partial charge on any atom is -0.337 e. The van der Waals surface area contributed by atoms with Gasteiger partial charge in [-0.15, -0.1) is 0 Å². The predicted molar refractivity (Wildman–Crippen MR) is 94.6 cm³/mol. The first-order valence-corrected chi connectivity index (χ1v) is 9.41. The number of nitrogens with zero attached hydrogens (tertiary/aromatic N) is 3. The summed E-state index contributed by atoms with van der Waals surface area (Å²) >= 11 is 1.99. The van der Waals surface area contributed by atoms with Crippen LogP contribution < -0.4 is 5.32 Å². The van der Waals surface area contributed by atoms with Gasteiger partial charge in [0.25, 0.3) is 0 Å². The first kappa shape index (κ1) is 16.6. The number of piperazine rings is 1. The number of pyridine rings is 1. The van der Waals surface area contributed by atoms with E-state index in [1.54, 1.807) is 6.20 Å². The summed E-state index contributed by atoms with van der Waals surface area (Å²) in [6.07, 6.45) is 6.19. The van der Waals surface area contributed by atoms with E-state index in [9.17, 15) is 4.79 Å². The maximum Gasteiger partial charge on any atom is 0.317 e. The zero-order valence-corrected chi connectivity index (χ0v) is 14.6. The molecule has 0 spiro atoms. The molecule has 3 rings (SSSR count). The van der Waals surface area contributed by atoms with Gasteiger partial charge in [-0.1, -0.05) is 6.07 Å². The smallest absolute Gasteiger partial charge is 0.317 e. The van der Waals surface area contributed by atoms with Crippen molar-refractivity contribution in [2.45, 2.75) is 31.1 Å². The highest BCUT2D eigenvalue weighted by molar-refractivity contribution is 8.00. The molecule has 2 saturated heterocycles. The molecule has 2 aliphatic rings. The van der Waals surface area contributed by atoms with Gasteiger partial charge in [-0.25, -0.2) is 4.79 Å². The van der Waals surface area contributed by atoms with Crippen LogP contribution in [0, 0.1) is 0 Å². The van der Waals surface area contributed by atoms with E-state index >= 15 is 0 Å². The first-order valence-electron chi connectivity index (χ1n) is 8.43. The second kappa shape index (κ2) is 7.53. The van der Waals surface area contributed by atoms with Crippen LogP contribution in [0.5, 0.6) is 0 Å².